The highest BCUT2D eigenvalue weighted by atomic mass is 16.5. The quantitative estimate of drug-likeness (QED) is 0.278. The van der Waals surface area contributed by atoms with Crippen LogP contribution in [0.25, 0.3) is 11.0 Å². The molecule has 1 aliphatic rings. The van der Waals surface area contributed by atoms with Crippen LogP contribution in [0, 0.1) is 13.8 Å². The first kappa shape index (κ1) is 27.7. The summed E-state index contributed by atoms with van der Waals surface area (Å²) in [6.07, 6.45) is 3.19. The molecule has 0 radical (unpaired) electrons. The van der Waals surface area contributed by atoms with E-state index in [0.29, 0.717) is 47.7 Å². The van der Waals surface area contributed by atoms with Gasteiger partial charge >= 0.3 is 0 Å². The van der Waals surface area contributed by atoms with E-state index in [-0.39, 0.29) is 17.1 Å². The predicted molar refractivity (Wildman–Crippen MR) is 151 cm³/mol. The van der Waals surface area contributed by atoms with E-state index in [1.807, 2.05) is 44.2 Å². The normalized spacial score (nSPS) is 15.0. The van der Waals surface area contributed by atoms with Gasteiger partial charge in [0.05, 0.1) is 30.7 Å². The Labute approximate surface area is 225 Å². The van der Waals surface area contributed by atoms with Crippen molar-refractivity contribution in [2.45, 2.75) is 59.9 Å². The number of unbranched alkanes of at least 4 members (excludes halogenated alkanes) is 2. The highest BCUT2D eigenvalue weighted by Gasteiger charge is 2.43. The molecule has 1 unspecified atom stereocenters. The minimum atomic E-state index is -0.571. The van der Waals surface area contributed by atoms with Crippen molar-refractivity contribution in [2.24, 2.45) is 0 Å². The summed E-state index contributed by atoms with van der Waals surface area (Å²) in [5.41, 5.74) is 3.50. The van der Waals surface area contributed by atoms with Crippen LogP contribution in [0.1, 0.15) is 78.9 Å². The molecule has 1 aromatic heterocycles. The van der Waals surface area contributed by atoms with Crippen molar-refractivity contribution in [3.8, 4) is 11.5 Å². The number of nitrogens with zero attached hydrogens (tertiary/aromatic N) is 2. The third-order valence-electron chi connectivity index (χ3n) is 7.64. The van der Waals surface area contributed by atoms with Crippen LogP contribution in [0.2, 0.25) is 0 Å². The summed E-state index contributed by atoms with van der Waals surface area (Å²) in [6, 6.07) is 8.83. The first-order valence-corrected chi connectivity index (χ1v) is 13.8. The maximum absolute atomic E-state index is 13.9. The van der Waals surface area contributed by atoms with E-state index >= 15 is 0 Å². The van der Waals surface area contributed by atoms with E-state index in [4.69, 9.17) is 13.9 Å². The molecule has 0 aliphatic carbocycles. The Morgan fingerprint density at radius 2 is 1.71 bits per heavy atom. The molecule has 0 saturated heterocycles. The van der Waals surface area contributed by atoms with Crippen LogP contribution in [0.15, 0.2) is 39.5 Å². The smallest absolute Gasteiger partial charge is 0.290 e. The Bertz CT molecular complexity index is 1360. The van der Waals surface area contributed by atoms with Crippen molar-refractivity contribution in [3.05, 3.63) is 68.6 Å². The minimum absolute atomic E-state index is 0.133. The lowest BCUT2D eigenvalue weighted by atomic mass is 9.97. The molecule has 7 heteroatoms. The number of fused-ring (bicyclic) bond motifs is 2. The lowest BCUT2D eigenvalue weighted by Crippen LogP contribution is -2.37. The predicted octanol–water partition coefficient (Wildman–Crippen LogP) is 5.87. The summed E-state index contributed by atoms with van der Waals surface area (Å²) in [6.45, 7) is 13.9. The Hall–Kier alpha value is -3.32. The number of rotatable bonds is 12. The van der Waals surface area contributed by atoms with E-state index in [1.54, 1.807) is 12.0 Å². The molecule has 1 atom stereocenters. The summed E-state index contributed by atoms with van der Waals surface area (Å²) in [7, 11) is 1.61. The lowest BCUT2D eigenvalue weighted by molar-refractivity contribution is 0.0708. The average molecular weight is 521 g/mol. The fourth-order valence-electron chi connectivity index (χ4n) is 5.15. The van der Waals surface area contributed by atoms with Gasteiger partial charge in [-0.05, 0) is 74.3 Å². The Morgan fingerprint density at radius 3 is 2.39 bits per heavy atom. The van der Waals surface area contributed by atoms with Gasteiger partial charge in [-0.25, -0.2) is 0 Å². The molecule has 0 bridgehead atoms. The van der Waals surface area contributed by atoms with Crippen molar-refractivity contribution < 1.29 is 18.7 Å². The minimum Gasteiger partial charge on any atom is -0.493 e. The second kappa shape index (κ2) is 12.0. The van der Waals surface area contributed by atoms with Crippen LogP contribution in [-0.4, -0.2) is 55.6 Å². The molecule has 38 heavy (non-hydrogen) atoms. The van der Waals surface area contributed by atoms with Crippen LogP contribution in [0.3, 0.4) is 0 Å². The summed E-state index contributed by atoms with van der Waals surface area (Å²) < 4.78 is 17.8. The van der Waals surface area contributed by atoms with Gasteiger partial charge in [-0.15, -0.1) is 0 Å². The van der Waals surface area contributed by atoms with Crippen molar-refractivity contribution >= 4 is 16.9 Å². The fraction of sp³-hybridized carbons (Fsp3) is 0.484. The molecule has 0 N–H and O–H groups in total. The van der Waals surface area contributed by atoms with Crippen molar-refractivity contribution in [1.82, 2.24) is 9.80 Å². The van der Waals surface area contributed by atoms with Gasteiger partial charge in [-0.3, -0.25) is 9.59 Å². The first-order chi connectivity index (χ1) is 18.3. The Kier molecular flexibility index (Phi) is 8.77. The molecular weight excluding hydrogens is 480 g/mol. The van der Waals surface area contributed by atoms with Crippen molar-refractivity contribution in [3.63, 3.8) is 0 Å². The lowest BCUT2D eigenvalue weighted by Gasteiger charge is -2.28. The second-order valence-corrected chi connectivity index (χ2v) is 10.0. The number of amides is 1. The van der Waals surface area contributed by atoms with Crippen LogP contribution in [-0.2, 0) is 0 Å². The number of hydrogen-bond acceptors (Lipinski definition) is 6. The standard InChI is InChI=1S/C31H40N2O5/c1-7-10-11-16-37-24-13-12-22(19-26(24)36-6)28-27-29(34)23-17-20(4)21(5)18-25(23)38-30(27)31(35)33(28)15-14-32(8-2)9-3/h12-13,17-19,28H,7-11,14-16H2,1-6H3. The Morgan fingerprint density at radius 1 is 0.974 bits per heavy atom. The third-order valence-corrected chi connectivity index (χ3v) is 7.64. The maximum Gasteiger partial charge on any atom is 0.290 e. The molecule has 3 aromatic rings. The molecule has 0 fully saturated rings. The maximum atomic E-state index is 13.9. The van der Waals surface area contributed by atoms with Crippen LogP contribution >= 0.6 is 0 Å². The number of hydrogen-bond donors (Lipinski definition) is 0. The highest BCUT2D eigenvalue weighted by Crippen LogP contribution is 2.41. The molecule has 204 valence electrons. The SMILES string of the molecule is CCCCCOc1ccc(C2c3c(oc4cc(C)c(C)cc4c3=O)C(=O)N2CCN(CC)CC)cc1OC. The zero-order chi connectivity index (χ0) is 27.4. The van der Waals surface area contributed by atoms with Gasteiger partial charge in [0, 0.05) is 13.1 Å². The number of ether oxygens (including phenoxy) is 2. The highest BCUT2D eigenvalue weighted by molar-refractivity contribution is 5.99. The average Bonchev–Trinajstić information content (AvgIpc) is 3.20. The van der Waals surface area contributed by atoms with E-state index in [0.717, 1.165) is 49.0 Å². The zero-order valence-corrected chi connectivity index (χ0v) is 23.6. The summed E-state index contributed by atoms with van der Waals surface area (Å²) in [5, 5.41) is 0.498. The van der Waals surface area contributed by atoms with Crippen molar-refractivity contribution in [2.75, 3.05) is 39.9 Å². The molecule has 1 amide bonds. The molecular formula is C31H40N2O5. The molecule has 4 rings (SSSR count). The number of carbonyl (C=O) groups excluding carboxylic acids is 1. The van der Waals surface area contributed by atoms with Gasteiger partial charge in [0.1, 0.15) is 5.58 Å². The Balaban J connectivity index is 1.81. The molecule has 2 heterocycles. The first-order valence-electron chi connectivity index (χ1n) is 13.8. The molecule has 7 nitrogen and oxygen atoms in total. The molecule has 0 spiro atoms. The van der Waals surface area contributed by atoms with Gasteiger partial charge in [0.2, 0.25) is 5.76 Å². The van der Waals surface area contributed by atoms with Gasteiger partial charge in [0.15, 0.2) is 16.9 Å². The number of aryl methyl sites for hydroxylation is 2. The van der Waals surface area contributed by atoms with Crippen LogP contribution in [0.5, 0.6) is 11.5 Å². The number of methoxy groups -OCH3 is 1. The molecule has 2 aromatic carbocycles. The number of carbonyl (C=O) groups is 1. The third kappa shape index (κ3) is 5.30. The van der Waals surface area contributed by atoms with E-state index in [1.165, 1.54) is 0 Å². The van der Waals surface area contributed by atoms with Crippen LogP contribution in [0.4, 0.5) is 0 Å². The second-order valence-electron chi connectivity index (χ2n) is 10.0. The number of likely N-dealkylation sites (N-methyl/N-ethyl adjacent to an activating group) is 1. The summed E-state index contributed by atoms with van der Waals surface area (Å²) in [4.78, 5) is 31.7. The fourth-order valence-corrected chi connectivity index (χ4v) is 5.15. The molecule has 0 saturated carbocycles. The summed E-state index contributed by atoms with van der Waals surface area (Å²) in [5.74, 6) is 1.12. The molecule has 1 aliphatic heterocycles. The van der Waals surface area contributed by atoms with E-state index in [2.05, 4.69) is 25.7 Å². The zero-order valence-electron chi connectivity index (χ0n) is 23.6. The topological polar surface area (TPSA) is 72.2 Å². The monoisotopic (exact) mass is 520 g/mol. The van der Waals surface area contributed by atoms with Gasteiger partial charge < -0.3 is 23.7 Å². The van der Waals surface area contributed by atoms with Crippen LogP contribution < -0.4 is 14.9 Å². The van der Waals surface area contributed by atoms with Gasteiger partial charge in [0.25, 0.3) is 5.91 Å². The van der Waals surface area contributed by atoms with E-state index in [9.17, 15) is 9.59 Å². The largest absolute Gasteiger partial charge is 0.493 e. The van der Waals surface area contributed by atoms with E-state index < -0.39 is 6.04 Å². The van der Waals surface area contributed by atoms with Gasteiger partial charge in [-0.2, -0.15) is 0 Å². The van der Waals surface area contributed by atoms with Crippen molar-refractivity contribution in [1.29, 1.82) is 0 Å². The number of benzene rings is 2. The summed E-state index contributed by atoms with van der Waals surface area (Å²) >= 11 is 0. The van der Waals surface area contributed by atoms with Gasteiger partial charge in [-0.1, -0.05) is 39.7 Å².